The van der Waals surface area contributed by atoms with Crippen molar-refractivity contribution in [3.8, 4) is 5.75 Å². The van der Waals surface area contributed by atoms with Gasteiger partial charge >= 0.3 is 6.03 Å². The van der Waals surface area contributed by atoms with Gasteiger partial charge in [-0.15, -0.1) is 0 Å². The van der Waals surface area contributed by atoms with Crippen molar-refractivity contribution in [2.45, 2.75) is 0 Å². The molecule has 8 heteroatoms. The van der Waals surface area contributed by atoms with E-state index in [4.69, 9.17) is 16.3 Å². The Bertz CT molecular complexity index is 719. The van der Waals surface area contributed by atoms with Gasteiger partial charge in [0.25, 0.3) is 0 Å². The minimum Gasteiger partial charge on any atom is -0.495 e. The van der Waals surface area contributed by atoms with E-state index in [9.17, 15) is 4.79 Å². The number of carbonyl (C=O) groups excluding carboxylic acids is 1. The Balaban J connectivity index is 1.59. The molecule has 1 aromatic heterocycles. The molecule has 7 nitrogen and oxygen atoms in total. The highest BCUT2D eigenvalue weighted by atomic mass is 35.5. The zero-order valence-corrected chi connectivity index (χ0v) is 14.0. The predicted molar refractivity (Wildman–Crippen MR) is 92.8 cm³/mol. The van der Waals surface area contributed by atoms with Gasteiger partial charge in [0.1, 0.15) is 11.6 Å². The van der Waals surface area contributed by atoms with Crippen LogP contribution in [0.4, 0.5) is 16.3 Å². The van der Waals surface area contributed by atoms with E-state index in [0.29, 0.717) is 37.6 Å². The fourth-order valence-electron chi connectivity index (χ4n) is 2.58. The summed E-state index contributed by atoms with van der Waals surface area (Å²) in [7, 11) is 1.58. The second kappa shape index (κ2) is 7.35. The van der Waals surface area contributed by atoms with E-state index in [1.807, 2.05) is 30.3 Å². The first-order valence-electron chi connectivity index (χ1n) is 7.60. The average molecular weight is 348 g/mol. The number of amides is 2. The summed E-state index contributed by atoms with van der Waals surface area (Å²) in [6.45, 7) is 2.57. The lowest BCUT2D eigenvalue weighted by molar-refractivity contribution is 0.208. The summed E-state index contributed by atoms with van der Waals surface area (Å²) in [5.74, 6) is 1.42. The maximum absolute atomic E-state index is 12.4. The molecule has 1 N–H and O–H groups in total. The zero-order chi connectivity index (χ0) is 16.9. The zero-order valence-electron chi connectivity index (χ0n) is 13.3. The van der Waals surface area contributed by atoms with E-state index in [-0.39, 0.29) is 11.3 Å². The van der Waals surface area contributed by atoms with Gasteiger partial charge in [0.05, 0.1) is 12.8 Å². The summed E-state index contributed by atoms with van der Waals surface area (Å²) in [4.78, 5) is 24.4. The minimum atomic E-state index is -0.139. The van der Waals surface area contributed by atoms with E-state index in [0.717, 1.165) is 5.82 Å². The van der Waals surface area contributed by atoms with Gasteiger partial charge in [-0.1, -0.05) is 12.1 Å². The number of para-hydroxylation sites is 2. The fraction of sp³-hybridized carbons (Fsp3) is 0.312. The van der Waals surface area contributed by atoms with Crippen LogP contribution in [-0.4, -0.2) is 54.2 Å². The molecule has 1 aromatic carbocycles. The Kier molecular flexibility index (Phi) is 5.00. The van der Waals surface area contributed by atoms with E-state index in [2.05, 4.69) is 20.2 Å². The smallest absolute Gasteiger partial charge is 0.322 e. The van der Waals surface area contributed by atoms with Crippen molar-refractivity contribution in [1.82, 2.24) is 14.9 Å². The van der Waals surface area contributed by atoms with Crippen molar-refractivity contribution in [3.05, 3.63) is 41.8 Å². The maximum Gasteiger partial charge on any atom is 0.322 e. The number of piperazine rings is 1. The van der Waals surface area contributed by atoms with Crippen LogP contribution in [0.1, 0.15) is 0 Å². The third-order valence-electron chi connectivity index (χ3n) is 3.85. The molecule has 2 amide bonds. The molecule has 0 spiro atoms. The van der Waals surface area contributed by atoms with Crippen LogP contribution in [0.15, 0.2) is 36.5 Å². The van der Waals surface area contributed by atoms with E-state index >= 15 is 0 Å². The highest BCUT2D eigenvalue weighted by Gasteiger charge is 2.22. The highest BCUT2D eigenvalue weighted by molar-refractivity contribution is 6.28. The molecule has 0 aliphatic carbocycles. The highest BCUT2D eigenvalue weighted by Crippen LogP contribution is 2.23. The molecule has 2 heterocycles. The van der Waals surface area contributed by atoms with Crippen LogP contribution in [0.3, 0.4) is 0 Å². The lowest BCUT2D eigenvalue weighted by atomic mass is 10.3. The second-order valence-electron chi connectivity index (χ2n) is 5.29. The molecule has 3 rings (SSSR count). The number of nitrogens with one attached hydrogen (secondary N) is 1. The standard InChI is InChI=1S/C16H18ClN5O2/c1-24-13-5-3-2-4-12(13)19-16(23)22-10-8-21(9-11-22)14-6-7-18-15(17)20-14/h2-7H,8-11H2,1H3,(H,19,23). The molecule has 24 heavy (non-hydrogen) atoms. The molecular formula is C16H18ClN5O2. The molecule has 126 valence electrons. The normalized spacial score (nSPS) is 14.4. The monoisotopic (exact) mass is 347 g/mol. The number of halogens is 1. The average Bonchev–Trinajstić information content (AvgIpc) is 2.62. The number of urea groups is 1. The Labute approximate surface area is 145 Å². The van der Waals surface area contributed by atoms with Crippen LogP contribution in [0.2, 0.25) is 5.28 Å². The molecule has 0 radical (unpaired) electrons. The molecular weight excluding hydrogens is 330 g/mol. The number of carbonyl (C=O) groups is 1. The topological polar surface area (TPSA) is 70.6 Å². The van der Waals surface area contributed by atoms with Crippen LogP contribution in [0.5, 0.6) is 5.75 Å². The van der Waals surface area contributed by atoms with Crippen molar-refractivity contribution < 1.29 is 9.53 Å². The van der Waals surface area contributed by atoms with Gasteiger partial charge in [0.15, 0.2) is 0 Å². The number of ether oxygens (including phenoxy) is 1. The summed E-state index contributed by atoms with van der Waals surface area (Å²) < 4.78 is 5.25. The summed E-state index contributed by atoms with van der Waals surface area (Å²) in [6.07, 6.45) is 1.63. The third kappa shape index (κ3) is 3.68. The molecule has 1 saturated heterocycles. The lowest BCUT2D eigenvalue weighted by Crippen LogP contribution is -2.50. The van der Waals surface area contributed by atoms with E-state index < -0.39 is 0 Å². The first kappa shape index (κ1) is 16.3. The maximum atomic E-state index is 12.4. The van der Waals surface area contributed by atoms with Gasteiger partial charge in [-0.2, -0.15) is 0 Å². The molecule has 1 fully saturated rings. The Morgan fingerprint density at radius 3 is 2.67 bits per heavy atom. The van der Waals surface area contributed by atoms with Gasteiger partial charge in [-0.3, -0.25) is 0 Å². The first-order chi connectivity index (χ1) is 11.7. The molecule has 2 aromatic rings. The molecule has 1 aliphatic heterocycles. The Hall–Kier alpha value is -2.54. The number of benzene rings is 1. The number of nitrogens with zero attached hydrogens (tertiary/aromatic N) is 4. The number of rotatable bonds is 3. The van der Waals surface area contributed by atoms with Crippen molar-refractivity contribution in [2.24, 2.45) is 0 Å². The summed E-state index contributed by atoms with van der Waals surface area (Å²) in [5, 5.41) is 3.12. The number of aromatic nitrogens is 2. The van der Waals surface area contributed by atoms with Gasteiger partial charge < -0.3 is 19.9 Å². The van der Waals surface area contributed by atoms with Crippen LogP contribution >= 0.6 is 11.6 Å². The van der Waals surface area contributed by atoms with Gasteiger partial charge in [-0.05, 0) is 29.8 Å². The predicted octanol–water partition coefficient (Wildman–Crippen LogP) is 2.49. The third-order valence-corrected chi connectivity index (χ3v) is 4.03. The molecule has 0 unspecified atom stereocenters. The van der Waals surface area contributed by atoms with Gasteiger partial charge in [0.2, 0.25) is 5.28 Å². The minimum absolute atomic E-state index is 0.139. The number of methoxy groups -OCH3 is 1. The van der Waals surface area contributed by atoms with E-state index in [1.165, 1.54) is 0 Å². The summed E-state index contributed by atoms with van der Waals surface area (Å²) in [6, 6.07) is 9.02. The SMILES string of the molecule is COc1ccccc1NC(=O)N1CCN(c2ccnc(Cl)n2)CC1. The molecule has 0 saturated carbocycles. The first-order valence-corrected chi connectivity index (χ1v) is 7.97. The molecule has 0 atom stereocenters. The van der Waals surface area contributed by atoms with Crippen molar-refractivity contribution >= 4 is 29.1 Å². The number of hydrogen-bond donors (Lipinski definition) is 1. The molecule has 0 bridgehead atoms. The van der Waals surface area contributed by atoms with Crippen LogP contribution in [0.25, 0.3) is 0 Å². The lowest BCUT2D eigenvalue weighted by Gasteiger charge is -2.35. The van der Waals surface area contributed by atoms with Crippen LogP contribution in [0, 0.1) is 0 Å². The summed E-state index contributed by atoms with van der Waals surface area (Å²) in [5.41, 5.74) is 0.662. The number of hydrogen-bond acceptors (Lipinski definition) is 5. The fourth-order valence-corrected chi connectivity index (χ4v) is 2.73. The quantitative estimate of drug-likeness (QED) is 0.864. The van der Waals surface area contributed by atoms with Crippen molar-refractivity contribution in [2.75, 3.05) is 43.5 Å². The molecule has 1 aliphatic rings. The summed E-state index contributed by atoms with van der Waals surface area (Å²) >= 11 is 5.83. The van der Waals surface area contributed by atoms with Gasteiger partial charge in [0, 0.05) is 32.4 Å². The van der Waals surface area contributed by atoms with E-state index in [1.54, 1.807) is 18.2 Å². The van der Waals surface area contributed by atoms with Crippen LogP contribution in [-0.2, 0) is 0 Å². The van der Waals surface area contributed by atoms with Crippen molar-refractivity contribution in [1.29, 1.82) is 0 Å². The van der Waals surface area contributed by atoms with Crippen LogP contribution < -0.4 is 15.0 Å². The number of anilines is 2. The van der Waals surface area contributed by atoms with Crippen molar-refractivity contribution in [3.63, 3.8) is 0 Å². The second-order valence-corrected chi connectivity index (χ2v) is 5.63. The van der Waals surface area contributed by atoms with Gasteiger partial charge in [-0.25, -0.2) is 14.8 Å². The Morgan fingerprint density at radius 1 is 1.21 bits per heavy atom. The Morgan fingerprint density at radius 2 is 1.96 bits per heavy atom. The largest absolute Gasteiger partial charge is 0.495 e.